The van der Waals surface area contributed by atoms with Gasteiger partial charge in [0.25, 0.3) is 0 Å². The van der Waals surface area contributed by atoms with Gasteiger partial charge in [-0.05, 0) is 12.1 Å². The maximum atomic E-state index is 5.66. The first-order chi connectivity index (χ1) is 8.27. The maximum absolute atomic E-state index is 5.66. The number of rotatable bonds is 5. The molecule has 2 aromatic rings. The Labute approximate surface area is 105 Å². The lowest BCUT2D eigenvalue weighted by Gasteiger charge is -2.11. The van der Waals surface area contributed by atoms with Gasteiger partial charge < -0.3 is 15.6 Å². The minimum Gasteiger partial charge on any atom is -0.389 e. The van der Waals surface area contributed by atoms with Crippen LogP contribution in [0.4, 0.5) is 5.69 Å². The first-order valence-corrected chi connectivity index (χ1v) is 5.76. The summed E-state index contributed by atoms with van der Waals surface area (Å²) >= 11 is 5.00. The van der Waals surface area contributed by atoms with Crippen molar-refractivity contribution in [3.8, 4) is 0 Å². The van der Waals surface area contributed by atoms with Crippen molar-refractivity contribution in [1.29, 1.82) is 0 Å². The molecule has 0 radical (unpaired) electrons. The third-order valence-corrected chi connectivity index (χ3v) is 2.66. The van der Waals surface area contributed by atoms with Gasteiger partial charge in [-0.3, -0.25) is 0 Å². The van der Waals surface area contributed by atoms with E-state index in [1.807, 2.05) is 35.0 Å². The van der Waals surface area contributed by atoms with E-state index in [0.29, 0.717) is 4.99 Å². The molecule has 0 atom stereocenters. The van der Waals surface area contributed by atoms with Gasteiger partial charge in [-0.15, -0.1) is 0 Å². The summed E-state index contributed by atoms with van der Waals surface area (Å²) in [7, 11) is 0. The summed E-state index contributed by atoms with van der Waals surface area (Å²) in [6, 6.07) is 7.78. The fourth-order valence-electron chi connectivity index (χ4n) is 1.59. The van der Waals surface area contributed by atoms with Gasteiger partial charge >= 0.3 is 0 Å². The van der Waals surface area contributed by atoms with Gasteiger partial charge in [0.1, 0.15) is 4.99 Å². The van der Waals surface area contributed by atoms with Gasteiger partial charge in [0, 0.05) is 36.7 Å². The fraction of sp³-hybridized carbons (Fsp3) is 0.167. The Bertz CT molecular complexity index is 493. The van der Waals surface area contributed by atoms with Crippen LogP contribution in [0.25, 0.3) is 0 Å². The van der Waals surface area contributed by atoms with E-state index in [1.165, 1.54) is 0 Å². The van der Waals surface area contributed by atoms with E-state index in [0.717, 1.165) is 24.3 Å². The third kappa shape index (κ3) is 3.04. The van der Waals surface area contributed by atoms with Crippen LogP contribution in [-0.4, -0.2) is 21.1 Å². The van der Waals surface area contributed by atoms with E-state index in [9.17, 15) is 0 Å². The number of nitrogens with zero attached hydrogens (tertiary/aromatic N) is 2. The average molecular weight is 246 g/mol. The summed E-state index contributed by atoms with van der Waals surface area (Å²) in [5, 5.41) is 3.32. The molecule has 5 heteroatoms. The van der Waals surface area contributed by atoms with Crippen LogP contribution in [0.15, 0.2) is 43.0 Å². The molecule has 1 aromatic carbocycles. The second-order valence-corrected chi connectivity index (χ2v) is 4.08. The van der Waals surface area contributed by atoms with Crippen molar-refractivity contribution < 1.29 is 0 Å². The smallest absolute Gasteiger partial charge is 0.106 e. The largest absolute Gasteiger partial charge is 0.389 e. The molecule has 0 aliphatic rings. The summed E-state index contributed by atoms with van der Waals surface area (Å²) < 4.78 is 2.01. The van der Waals surface area contributed by atoms with Gasteiger partial charge in [0.05, 0.1) is 6.33 Å². The molecule has 0 saturated carbocycles. The number of nitrogens with two attached hydrogens (primary N) is 1. The van der Waals surface area contributed by atoms with Crippen LogP contribution < -0.4 is 11.1 Å². The Morgan fingerprint density at radius 3 is 2.94 bits per heavy atom. The molecule has 0 amide bonds. The quantitative estimate of drug-likeness (QED) is 0.787. The van der Waals surface area contributed by atoms with Gasteiger partial charge in [-0.2, -0.15) is 0 Å². The standard InChI is InChI=1S/C12H14N4S/c13-12(17)10-3-1-2-4-11(10)15-6-8-16-7-5-14-9-16/h1-5,7,9,15H,6,8H2,(H2,13,17). The summed E-state index contributed by atoms with van der Waals surface area (Å²) in [6.45, 7) is 1.65. The summed E-state index contributed by atoms with van der Waals surface area (Å²) in [4.78, 5) is 4.40. The van der Waals surface area contributed by atoms with Gasteiger partial charge in [0.15, 0.2) is 0 Å². The number of thiocarbonyl (C=S) groups is 1. The topological polar surface area (TPSA) is 55.9 Å². The van der Waals surface area contributed by atoms with E-state index in [1.54, 1.807) is 12.5 Å². The van der Waals surface area contributed by atoms with Crippen LogP contribution in [0.2, 0.25) is 0 Å². The number of hydrogen-bond donors (Lipinski definition) is 2. The number of benzene rings is 1. The molecule has 3 N–H and O–H groups in total. The molecule has 0 bridgehead atoms. The van der Waals surface area contributed by atoms with Crippen molar-refractivity contribution in [2.45, 2.75) is 6.54 Å². The number of imidazole rings is 1. The molecular weight excluding hydrogens is 232 g/mol. The molecule has 1 aromatic heterocycles. The molecular formula is C12H14N4S. The monoisotopic (exact) mass is 246 g/mol. The van der Waals surface area contributed by atoms with Crippen LogP contribution in [0.3, 0.4) is 0 Å². The first-order valence-electron chi connectivity index (χ1n) is 5.36. The Kier molecular flexibility index (Phi) is 3.72. The predicted octanol–water partition coefficient (Wildman–Crippen LogP) is 1.63. The Balaban J connectivity index is 1.97. The highest BCUT2D eigenvalue weighted by Crippen LogP contribution is 2.14. The lowest BCUT2D eigenvalue weighted by Crippen LogP contribution is -2.15. The minimum atomic E-state index is 0.413. The first kappa shape index (κ1) is 11.6. The van der Waals surface area contributed by atoms with E-state index in [-0.39, 0.29) is 0 Å². The molecule has 0 aliphatic heterocycles. The highest BCUT2D eigenvalue weighted by molar-refractivity contribution is 7.80. The van der Waals surface area contributed by atoms with Crippen molar-refractivity contribution in [2.24, 2.45) is 5.73 Å². The Morgan fingerprint density at radius 2 is 2.24 bits per heavy atom. The zero-order valence-electron chi connectivity index (χ0n) is 9.34. The molecule has 0 unspecified atom stereocenters. The molecule has 88 valence electrons. The van der Waals surface area contributed by atoms with Gasteiger partial charge in [0.2, 0.25) is 0 Å². The van der Waals surface area contributed by atoms with Crippen molar-refractivity contribution >= 4 is 22.9 Å². The molecule has 17 heavy (non-hydrogen) atoms. The Morgan fingerprint density at radius 1 is 1.41 bits per heavy atom. The number of hydrogen-bond acceptors (Lipinski definition) is 3. The SMILES string of the molecule is NC(=S)c1ccccc1NCCn1ccnc1. The van der Waals surface area contributed by atoms with Crippen LogP contribution in [-0.2, 0) is 6.54 Å². The summed E-state index contributed by atoms with van der Waals surface area (Å²) in [5.41, 5.74) is 7.51. The molecule has 0 aliphatic carbocycles. The van der Waals surface area contributed by atoms with E-state index in [2.05, 4.69) is 10.3 Å². The number of nitrogens with one attached hydrogen (secondary N) is 1. The van der Waals surface area contributed by atoms with Gasteiger partial charge in [-0.25, -0.2) is 4.98 Å². The minimum absolute atomic E-state index is 0.413. The number of anilines is 1. The second-order valence-electron chi connectivity index (χ2n) is 3.64. The highest BCUT2D eigenvalue weighted by atomic mass is 32.1. The van der Waals surface area contributed by atoms with Crippen molar-refractivity contribution in [2.75, 3.05) is 11.9 Å². The molecule has 2 rings (SSSR count). The van der Waals surface area contributed by atoms with Crippen molar-refractivity contribution in [3.63, 3.8) is 0 Å². The maximum Gasteiger partial charge on any atom is 0.106 e. The predicted molar refractivity (Wildman–Crippen MR) is 73.0 cm³/mol. The van der Waals surface area contributed by atoms with Gasteiger partial charge in [-0.1, -0.05) is 24.4 Å². The lowest BCUT2D eigenvalue weighted by molar-refractivity contribution is 0.727. The summed E-state index contributed by atoms with van der Waals surface area (Å²) in [6.07, 6.45) is 5.49. The van der Waals surface area contributed by atoms with Crippen LogP contribution in [0, 0.1) is 0 Å². The lowest BCUT2D eigenvalue weighted by atomic mass is 10.2. The van der Waals surface area contributed by atoms with E-state index < -0.39 is 0 Å². The normalized spacial score (nSPS) is 10.1. The zero-order valence-corrected chi connectivity index (χ0v) is 10.2. The summed E-state index contributed by atoms with van der Waals surface area (Å²) in [5.74, 6) is 0. The number of para-hydroxylation sites is 1. The molecule has 4 nitrogen and oxygen atoms in total. The number of aromatic nitrogens is 2. The second kappa shape index (κ2) is 5.45. The molecule has 0 saturated heterocycles. The average Bonchev–Trinajstić information content (AvgIpc) is 2.82. The highest BCUT2D eigenvalue weighted by Gasteiger charge is 2.02. The van der Waals surface area contributed by atoms with Crippen LogP contribution >= 0.6 is 12.2 Å². The molecule has 1 heterocycles. The van der Waals surface area contributed by atoms with Crippen molar-refractivity contribution in [3.05, 3.63) is 48.5 Å². The Hall–Kier alpha value is -1.88. The van der Waals surface area contributed by atoms with Crippen LogP contribution in [0.1, 0.15) is 5.56 Å². The van der Waals surface area contributed by atoms with E-state index in [4.69, 9.17) is 18.0 Å². The van der Waals surface area contributed by atoms with Crippen molar-refractivity contribution in [1.82, 2.24) is 9.55 Å². The molecule has 0 fully saturated rings. The van der Waals surface area contributed by atoms with E-state index >= 15 is 0 Å². The third-order valence-electron chi connectivity index (χ3n) is 2.44. The van der Waals surface area contributed by atoms with Crippen LogP contribution in [0.5, 0.6) is 0 Å². The molecule has 0 spiro atoms. The zero-order chi connectivity index (χ0) is 12.1. The fourth-order valence-corrected chi connectivity index (χ4v) is 1.77.